The van der Waals surface area contributed by atoms with E-state index in [4.69, 9.17) is 16.7 Å². The third kappa shape index (κ3) is 2.82. The van der Waals surface area contributed by atoms with Crippen molar-refractivity contribution < 1.29 is 5.11 Å². The lowest BCUT2D eigenvalue weighted by Crippen LogP contribution is -1.92. The second-order valence-electron chi connectivity index (χ2n) is 3.47. The van der Waals surface area contributed by atoms with Crippen LogP contribution in [0.3, 0.4) is 0 Å². The van der Waals surface area contributed by atoms with Gasteiger partial charge in [-0.1, -0.05) is 29.8 Å². The van der Waals surface area contributed by atoms with Crippen LogP contribution in [0.15, 0.2) is 29.6 Å². The summed E-state index contributed by atoms with van der Waals surface area (Å²) in [6.07, 6.45) is 1.38. The Balaban J connectivity index is 2.11. The number of benzene rings is 1. The molecule has 1 aromatic heterocycles. The third-order valence-corrected chi connectivity index (χ3v) is 3.53. The van der Waals surface area contributed by atoms with Crippen molar-refractivity contribution >= 4 is 22.9 Å². The number of thiazole rings is 1. The zero-order chi connectivity index (χ0) is 11.4. The van der Waals surface area contributed by atoms with Gasteiger partial charge < -0.3 is 5.11 Å². The summed E-state index contributed by atoms with van der Waals surface area (Å²) in [7, 11) is 0. The Kier molecular flexibility index (Phi) is 3.93. The third-order valence-electron chi connectivity index (χ3n) is 2.27. The SMILES string of the molecule is OCCc1csc(Cc2ccccc2Cl)n1. The van der Waals surface area contributed by atoms with Gasteiger partial charge in [0.05, 0.1) is 10.7 Å². The largest absolute Gasteiger partial charge is 0.396 e. The summed E-state index contributed by atoms with van der Waals surface area (Å²) < 4.78 is 0. The highest BCUT2D eigenvalue weighted by atomic mass is 35.5. The maximum atomic E-state index is 8.81. The molecule has 0 spiro atoms. The van der Waals surface area contributed by atoms with Gasteiger partial charge in [0.15, 0.2) is 0 Å². The van der Waals surface area contributed by atoms with Gasteiger partial charge in [-0.2, -0.15) is 0 Å². The number of hydrogen-bond acceptors (Lipinski definition) is 3. The van der Waals surface area contributed by atoms with Gasteiger partial charge in [0.25, 0.3) is 0 Å². The lowest BCUT2D eigenvalue weighted by molar-refractivity contribution is 0.298. The molecule has 0 amide bonds. The van der Waals surface area contributed by atoms with Crippen molar-refractivity contribution in [2.24, 2.45) is 0 Å². The molecule has 0 unspecified atom stereocenters. The number of nitrogens with zero attached hydrogens (tertiary/aromatic N) is 1. The number of hydrogen-bond donors (Lipinski definition) is 1. The van der Waals surface area contributed by atoms with Crippen LogP contribution in [0.5, 0.6) is 0 Å². The van der Waals surface area contributed by atoms with Crippen LogP contribution in [-0.2, 0) is 12.8 Å². The number of aliphatic hydroxyl groups excluding tert-OH is 1. The van der Waals surface area contributed by atoms with Crippen LogP contribution >= 0.6 is 22.9 Å². The standard InChI is InChI=1S/C12H12ClNOS/c13-11-4-2-1-3-9(11)7-12-14-10(5-6-15)8-16-12/h1-4,8,15H,5-7H2. The van der Waals surface area contributed by atoms with E-state index in [1.807, 2.05) is 29.6 Å². The van der Waals surface area contributed by atoms with Gasteiger partial charge in [0.1, 0.15) is 0 Å². The Bertz CT molecular complexity index is 470. The van der Waals surface area contributed by atoms with E-state index < -0.39 is 0 Å². The molecule has 0 radical (unpaired) electrons. The molecule has 0 atom stereocenters. The molecule has 0 fully saturated rings. The summed E-state index contributed by atoms with van der Waals surface area (Å²) in [5.41, 5.74) is 2.05. The molecule has 4 heteroatoms. The molecule has 2 aromatic rings. The van der Waals surface area contributed by atoms with E-state index in [2.05, 4.69) is 4.98 Å². The summed E-state index contributed by atoms with van der Waals surface area (Å²) in [6, 6.07) is 7.79. The molecule has 84 valence electrons. The highest BCUT2D eigenvalue weighted by Gasteiger charge is 2.05. The minimum absolute atomic E-state index is 0.148. The van der Waals surface area contributed by atoms with Crippen LogP contribution in [0.25, 0.3) is 0 Å². The monoisotopic (exact) mass is 253 g/mol. The molecule has 0 saturated heterocycles. The van der Waals surface area contributed by atoms with E-state index in [1.54, 1.807) is 11.3 Å². The van der Waals surface area contributed by atoms with E-state index >= 15 is 0 Å². The second kappa shape index (κ2) is 5.43. The maximum Gasteiger partial charge on any atom is 0.0972 e. The van der Waals surface area contributed by atoms with Crippen molar-refractivity contribution in [1.29, 1.82) is 0 Å². The van der Waals surface area contributed by atoms with Gasteiger partial charge in [-0.15, -0.1) is 11.3 Å². The fraction of sp³-hybridized carbons (Fsp3) is 0.250. The maximum absolute atomic E-state index is 8.81. The fourth-order valence-corrected chi connectivity index (χ4v) is 2.52. The molecular weight excluding hydrogens is 242 g/mol. The average Bonchev–Trinajstić information content (AvgIpc) is 2.70. The first kappa shape index (κ1) is 11.6. The fourth-order valence-electron chi connectivity index (χ4n) is 1.46. The van der Waals surface area contributed by atoms with E-state index in [0.29, 0.717) is 6.42 Å². The molecule has 0 aliphatic carbocycles. The predicted octanol–water partition coefficient (Wildman–Crippen LogP) is 2.92. The number of halogens is 1. The zero-order valence-electron chi connectivity index (χ0n) is 8.69. The Labute approximate surface area is 104 Å². The normalized spacial score (nSPS) is 10.6. The molecule has 0 aliphatic heterocycles. The van der Waals surface area contributed by atoms with E-state index in [-0.39, 0.29) is 6.61 Å². The minimum Gasteiger partial charge on any atom is -0.396 e. The lowest BCUT2D eigenvalue weighted by Gasteiger charge is -2.00. The van der Waals surface area contributed by atoms with Gasteiger partial charge in [-0.25, -0.2) is 4.98 Å². The van der Waals surface area contributed by atoms with E-state index in [1.165, 1.54) is 0 Å². The van der Waals surface area contributed by atoms with Crippen LogP contribution in [0.4, 0.5) is 0 Å². The Morgan fingerprint density at radius 1 is 1.31 bits per heavy atom. The predicted molar refractivity (Wildman–Crippen MR) is 67.2 cm³/mol. The molecule has 2 nitrogen and oxygen atoms in total. The van der Waals surface area contributed by atoms with Gasteiger partial charge in [0, 0.05) is 29.9 Å². The van der Waals surface area contributed by atoms with E-state index in [0.717, 1.165) is 27.7 Å². The Morgan fingerprint density at radius 2 is 2.12 bits per heavy atom. The molecule has 1 N–H and O–H groups in total. The minimum atomic E-state index is 0.148. The quantitative estimate of drug-likeness (QED) is 0.909. The van der Waals surface area contributed by atoms with Crippen molar-refractivity contribution in [2.75, 3.05) is 6.61 Å². The van der Waals surface area contributed by atoms with Crippen molar-refractivity contribution in [3.63, 3.8) is 0 Å². The Hall–Kier alpha value is -0.900. The highest BCUT2D eigenvalue weighted by Crippen LogP contribution is 2.21. The number of rotatable bonds is 4. The van der Waals surface area contributed by atoms with Gasteiger partial charge in [-0.05, 0) is 11.6 Å². The molecule has 0 bridgehead atoms. The summed E-state index contributed by atoms with van der Waals surface area (Å²) in [5, 5.41) is 12.6. The summed E-state index contributed by atoms with van der Waals surface area (Å²) in [6.45, 7) is 0.148. The highest BCUT2D eigenvalue weighted by molar-refractivity contribution is 7.09. The van der Waals surface area contributed by atoms with Crippen LogP contribution in [-0.4, -0.2) is 16.7 Å². The van der Waals surface area contributed by atoms with Crippen molar-refractivity contribution in [3.8, 4) is 0 Å². The van der Waals surface area contributed by atoms with Gasteiger partial charge >= 0.3 is 0 Å². The molecule has 1 heterocycles. The number of aromatic nitrogens is 1. The molecule has 0 saturated carbocycles. The first-order valence-electron chi connectivity index (χ1n) is 5.07. The van der Waals surface area contributed by atoms with Gasteiger partial charge in [0.2, 0.25) is 0 Å². The summed E-state index contributed by atoms with van der Waals surface area (Å²) in [5.74, 6) is 0. The number of aliphatic hydroxyl groups is 1. The van der Waals surface area contributed by atoms with Crippen LogP contribution in [0.2, 0.25) is 5.02 Å². The smallest absolute Gasteiger partial charge is 0.0972 e. The average molecular weight is 254 g/mol. The molecule has 16 heavy (non-hydrogen) atoms. The van der Waals surface area contributed by atoms with Crippen molar-refractivity contribution in [1.82, 2.24) is 4.98 Å². The van der Waals surface area contributed by atoms with Crippen LogP contribution in [0.1, 0.15) is 16.3 Å². The van der Waals surface area contributed by atoms with E-state index in [9.17, 15) is 0 Å². The Morgan fingerprint density at radius 3 is 2.88 bits per heavy atom. The van der Waals surface area contributed by atoms with Gasteiger partial charge in [-0.3, -0.25) is 0 Å². The van der Waals surface area contributed by atoms with Crippen LogP contribution in [0, 0.1) is 0 Å². The summed E-state index contributed by atoms with van der Waals surface area (Å²) >= 11 is 7.69. The summed E-state index contributed by atoms with van der Waals surface area (Å²) in [4.78, 5) is 4.44. The molecule has 2 rings (SSSR count). The molecule has 0 aliphatic rings. The second-order valence-corrected chi connectivity index (χ2v) is 4.82. The first-order chi connectivity index (χ1) is 7.79. The lowest BCUT2D eigenvalue weighted by atomic mass is 10.1. The zero-order valence-corrected chi connectivity index (χ0v) is 10.3. The first-order valence-corrected chi connectivity index (χ1v) is 6.33. The molecule has 1 aromatic carbocycles. The van der Waals surface area contributed by atoms with Crippen molar-refractivity contribution in [3.05, 3.63) is 50.9 Å². The topological polar surface area (TPSA) is 33.1 Å². The molecular formula is C12H12ClNOS. The van der Waals surface area contributed by atoms with Crippen LogP contribution < -0.4 is 0 Å². The van der Waals surface area contributed by atoms with Crippen molar-refractivity contribution in [2.45, 2.75) is 12.8 Å².